The second-order valence-corrected chi connectivity index (χ2v) is 9.45. The van der Waals surface area contributed by atoms with E-state index in [1.54, 1.807) is 4.90 Å². The average molecular weight is 457 g/mol. The molecule has 0 radical (unpaired) electrons. The summed E-state index contributed by atoms with van der Waals surface area (Å²) in [7, 11) is 0. The number of nitrogen functional groups attached to an aromatic ring is 1. The summed E-state index contributed by atoms with van der Waals surface area (Å²) in [6.45, 7) is 2.71. The lowest BCUT2D eigenvalue weighted by Crippen LogP contribution is -2.32. The topological polar surface area (TPSA) is 119 Å². The van der Waals surface area contributed by atoms with E-state index >= 15 is 0 Å². The summed E-state index contributed by atoms with van der Waals surface area (Å²) in [4.78, 5) is 34.5. The lowest BCUT2D eigenvalue weighted by molar-refractivity contribution is -0.138. The van der Waals surface area contributed by atoms with Crippen molar-refractivity contribution in [2.45, 2.75) is 50.1 Å². The van der Waals surface area contributed by atoms with Gasteiger partial charge in [0.1, 0.15) is 18.0 Å². The maximum atomic E-state index is 13.3. The van der Waals surface area contributed by atoms with Gasteiger partial charge in [0.15, 0.2) is 5.16 Å². The number of thioether (sulfide) groups is 1. The summed E-state index contributed by atoms with van der Waals surface area (Å²) in [5.41, 5.74) is 8.32. The van der Waals surface area contributed by atoms with Crippen LogP contribution in [-0.4, -0.2) is 45.9 Å². The molecule has 1 amide bonds. The fourth-order valence-corrected chi connectivity index (χ4v) is 5.09. The number of aliphatic carboxylic acids is 1. The van der Waals surface area contributed by atoms with E-state index in [2.05, 4.69) is 22.1 Å². The standard InChI is InChI=1S/C23H28N4O4S/c1-2-32-23-25-20(24)19-21(26-23)31-12-11-27(22(19)30)17-9-7-16(8-10-17)15-5-3-14(4-6-15)13-18(28)29/h7-10,14-15H,2-6,11-13H2,1H3,(H,28,29)(H2,24,25,26). The second kappa shape index (κ2) is 9.77. The van der Waals surface area contributed by atoms with Gasteiger partial charge in [-0.3, -0.25) is 9.59 Å². The number of ether oxygens (including phenoxy) is 1. The van der Waals surface area contributed by atoms with Crippen LogP contribution >= 0.6 is 11.8 Å². The fraction of sp³-hybridized carbons (Fsp3) is 0.478. The number of carboxylic acid groups (broad SMARTS) is 1. The number of amides is 1. The summed E-state index contributed by atoms with van der Waals surface area (Å²) in [5, 5.41) is 9.51. The molecule has 4 rings (SSSR count). The Balaban J connectivity index is 1.49. The molecular formula is C23H28N4O4S. The molecule has 0 atom stereocenters. The van der Waals surface area contributed by atoms with Crippen LogP contribution in [0.3, 0.4) is 0 Å². The molecule has 9 heteroatoms. The van der Waals surface area contributed by atoms with Crippen molar-refractivity contribution in [1.29, 1.82) is 0 Å². The van der Waals surface area contributed by atoms with Crippen LogP contribution in [0, 0.1) is 5.92 Å². The molecule has 0 bridgehead atoms. The zero-order chi connectivity index (χ0) is 22.7. The van der Waals surface area contributed by atoms with Gasteiger partial charge in [0.25, 0.3) is 5.91 Å². The smallest absolute Gasteiger partial charge is 0.303 e. The Morgan fingerprint density at radius 3 is 2.59 bits per heavy atom. The monoisotopic (exact) mass is 456 g/mol. The van der Waals surface area contributed by atoms with E-state index in [1.807, 2.05) is 19.1 Å². The molecule has 1 aromatic carbocycles. The fourth-order valence-electron chi connectivity index (χ4n) is 4.53. The number of benzene rings is 1. The van der Waals surface area contributed by atoms with Crippen LogP contribution in [0.2, 0.25) is 0 Å². The van der Waals surface area contributed by atoms with E-state index in [9.17, 15) is 9.59 Å². The molecule has 0 saturated heterocycles. The van der Waals surface area contributed by atoms with Gasteiger partial charge in [-0.15, -0.1) is 0 Å². The van der Waals surface area contributed by atoms with E-state index in [0.29, 0.717) is 24.2 Å². The van der Waals surface area contributed by atoms with Gasteiger partial charge < -0.3 is 20.5 Å². The van der Waals surface area contributed by atoms with E-state index in [1.165, 1.54) is 17.3 Å². The number of aromatic nitrogens is 2. The third kappa shape index (κ3) is 4.82. The van der Waals surface area contributed by atoms with Gasteiger partial charge in [0.2, 0.25) is 5.88 Å². The Hall–Kier alpha value is -2.81. The van der Waals surface area contributed by atoms with Gasteiger partial charge >= 0.3 is 5.97 Å². The van der Waals surface area contributed by atoms with Crippen LogP contribution in [0.4, 0.5) is 11.5 Å². The molecule has 3 N–H and O–H groups in total. The van der Waals surface area contributed by atoms with Crippen molar-refractivity contribution in [3.8, 4) is 5.88 Å². The molecule has 1 saturated carbocycles. The highest BCUT2D eigenvalue weighted by Gasteiger charge is 2.30. The highest BCUT2D eigenvalue weighted by Crippen LogP contribution is 2.38. The molecule has 32 heavy (non-hydrogen) atoms. The van der Waals surface area contributed by atoms with Crippen molar-refractivity contribution in [3.05, 3.63) is 35.4 Å². The normalized spacial score (nSPS) is 20.9. The van der Waals surface area contributed by atoms with Crippen molar-refractivity contribution in [1.82, 2.24) is 9.97 Å². The van der Waals surface area contributed by atoms with E-state index < -0.39 is 5.97 Å². The van der Waals surface area contributed by atoms with Crippen molar-refractivity contribution < 1.29 is 19.4 Å². The minimum absolute atomic E-state index is 0.137. The van der Waals surface area contributed by atoms with Crippen LogP contribution < -0.4 is 15.4 Å². The first-order valence-corrected chi connectivity index (χ1v) is 12.0. The van der Waals surface area contributed by atoms with Gasteiger partial charge in [-0.2, -0.15) is 4.98 Å². The van der Waals surface area contributed by atoms with Crippen LogP contribution in [0.1, 0.15) is 60.9 Å². The van der Waals surface area contributed by atoms with Crippen LogP contribution in [0.25, 0.3) is 0 Å². The molecule has 0 unspecified atom stereocenters. The molecule has 2 aliphatic rings. The third-order valence-corrected chi connectivity index (χ3v) is 6.89. The Morgan fingerprint density at radius 1 is 1.22 bits per heavy atom. The Morgan fingerprint density at radius 2 is 1.94 bits per heavy atom. The zero-order valence-electron chi connectivity index (χ0n) is 18.1. The minimum Gasteiger partial charge on any atom is -0.481 e. The number of rotatable bonds is 6. The Bertz CT molecular complexity index is 990. The highest BCUT2D eigenvalue weighted by molar-refractivity contribution is 7.99. The van der Waals surface area contributed by atoms with E-state index in [4.69, 9.17) is 15.6 Å². The zero-order valence-corrected chi connectivity index (χ0v) is 18.9. The highest BCUT2D eigenvalue weighted by atomic mass is 32.2. The van der Waals surface area contributed by atoms with Crippen molar-refractivity contribution in [2.24, 2.45) is 5.92 Å². The first-order valence-electron chi connectivity index (χ1n) is 11.0. The molecule has 1 aromatic heterocycles. The maximum absolute atomic E-state index is 13.3. The number of nitrogens with zero attached hydrogens (tertiary/aromatic N) is 3. The summed E-state index contributed by atoms with van der Waals surface area (Å²) in [6.07, 6.45) is 4.13. The number of hydrogen-bond acceptors (Lipinski definition) is 7. The first-order chi connectivity index (χ1) is 15.5. The van der Waals surface area contributed by atoms with E-state index in [0.717, 1.165) is 37.1 Å². The van der Waals surface area contributed by atoms with Crippen LogP contribution in [0.5, 0.6) is 5.88 Å². The quantitative estimate of drug-likeness (QED) is 0.495. The molecule has 2 aromatic rings. The van der Waals surface area contributed by atoms with E-state index in [-0.39, 0.29) is 35.5 Å². The van der Waals surface area contributed by atoms with Crippen molar-refractivity contribution in [2.75, 3.05) is 29.5 Å². The number of anilines is 2. The van der Waals surface area contributed by atoms with Crippen LogP contribution in [-0.2, 0) is 4.79 Å². The van der Waals surface area contributed by atoms with Crippen LogP contribution in [0.15, 0.2) is 29.4 Å². The maximum Gasteiger partial charge on any atom is 0.303 e. The molecule has 1 fully saturated rings. The number of fused-ring (bicyclic) bond motifs is 1. The van der Waals surface area contributed by atoms with Gasteiger partial charge in [-0.25, -0.2) is 4.98 Å². The summed E-state index contributed by atoms with van der Waals surface area (Å²) >= 11 is 1.45. The average Bonchev–Trinajstić information content (AvgIpc) is 2.93. The Kier molecular flexibility index (Phi) is 6.83. The Labute approximate surface area is 191 Å². The lowest BCUT2D eigenvalue weighted by Gasteiger charge is -2.28. The SMILES string of the molecule is CCSc1nc(N)c2c(n1)OCCN(c1ccc(C3CCC(CC(=O)O)CC3)cc1)C2=O. The predicted molar refractivity (Wildman–Crippen MR) is 123 cm³/mol. The van der Waals surface area contributed by atoms with Gasteiger partial charge in [0.05, 0.1) is 6.54 Å². The lowest BCUT2D eigenvalue weighted by atomic mass is 9.77. The predicted octanol–water partition coefficient (Wildman–Crippen LogP) is 3.96. The largest absolute Gasteiger partial charge is 0.481 e. The number of carbonyl (C=O) groups is 2. The number of nitrogens with two attached hydrogens (primary N) is 1. The molecular weight excluding hydrogens is 428 g/mol. The first kappa shape index (κ1) is 22.4. The molecule has 1 aliphatic carbocycles. The summed E-state index contributed by atoms with van der Waals surface area (Å²) in [6, 6.07) is 8.05. The van der Waals surface area contributed by atoms with Crippen molar-refractivity contribution >= 4 is 35.1 Å². The molecule has 170 valence electrons. The molecule has 1 aliphatic heterocycles. The molecule has 8 nitrogen and oxygen atoms in total. The summed E-state index contributed by atoms with van der Waals surface area (Å²) < 4.78 is 5.75. The minimum atomic E-state index is -0.711. The van der Waals surface area contributed by atoms with Gasteiger partial charge in [-0.1, -0.05) is 30.8 Å². The van der Waals surface area contributed by atoms with Gasteiger partial charge in [0, 0.05) is 12.1 Å². The number of carbonyl (C=O) groups excluding carboxylic acids is 1. The molecule has 2 heterocycles. The number of carboxylic acids is 1. The summed E-state index contributed by atoms with van der Waals surface area (Å²) in [5.74, 6) is 0.916. The molecule has 0 spiro atoms. The third-order valence-electron chi connectivity index (χ3n) is 6.16. The van der Waals surface area contributed by atoms with Crippen molar-refractivity contribution in [3.63, 3.8) is 0 Å². The second-order valence-electron chi connectivity index (χ2n) is 8.22. The number of hydrogen-bond donors (Lipinski definition) is 2. The van der Waals surface area contributed by atoms with Gasteiger partial charge in [-0.05, 0) is 61.0 Å².